The predicted molar refractivity (Wildman–Crippen MR) is 141 cm³/mol. The van der Waals surface area contributed by atoms with E-state index in [4.69, 9.17) is 8.85 Å². The second kappa shape index (κ2) is 24.3. The van der Waals surface area contributed by atoms with Crippen LogP contribution in [-0.4, -0.2) is 21.8 Å². The van der Waals surface area contributed by atoms with Crippen molar-refractivity contribution in [3.8, 4) is 11.8 Å². The van der Waals surface area contributed by atoms with Gasteiger partial charge in [0.1, 0.15) is 0 Å². The second-order valence-corrected chi connectivity index (χ2v) is 12.9. The van der Waals surface area contributed by atoms with Crippen LogP contribution >= 0.6 is 0 Å². The standard InChI is InChI=1S/C28H56O2Si/c1-5-9-11-13-15-17-19-21-23-25-27-29-31(7-3,8-4)30-28-26-24-22-20-18-16-14-12-10-6-2/h5-9,11,13-28H2,1-4H3. The lowest BCUT2D eigenvalue weighted by atomic mass is 10.1. The molecule has 184 valence electrons. The van der Waals surface area contributed by atoms with Crippen LogP contribution < -0.4 is 0 Å². The third-order valence-electron chi connectivity index (χ3n) is 6.30. The van der Waals surface area contributed by atoms with Gasteiger partial charge >= 0.3 is 8.56 Å². The Hall–Kier alpha value is -0.303. The smallest absolute Gasteiger partial charge is 0.337 e. The summed E-state index contributed by atoms with van der Waals surface area (Å²) in [6, 6.07) is 2.17. The maximum atomic E-state index is 6.40. The normalized spacial score (nSPS) is 11.5. The van der Waals surface area contributed by atoms with Crippen molar-refractivity contribution in [1.29, 1.82) is 0 Å². The SMILES string of the molecule is CCC#CCCCCCCCCO[Si](CC)(CC)OCCCCCCCCCCCC. The number of hydrogen-bond donors (Lipinski definition) is 0. The molecule has 0 heterocycles. The largest absolute Gasteiger partial charge is 0.394 e. The van der Waals surface area contributed by atoms with Crippen LogP contribution in [0.1, 0.15) is 143 Å². The van der Waals surface area contributed by atoms with E-state index >= 15 is 0 Å². The molecule has 2 nitrogen and oxygen atoms in total. The van der Waals surface area contributed by atoms with Gasteiger partial charge in [-0.3, -0.25) is 0 Å². The number of rotatable bonds is 23. The Bertz CT molecular complexity index is 409. The summed E-state index contributed by atoms with van der Waals surface area (Å²) in [6.07, 6.45) is 23.6. The monoisotopic (exact) mass is 452 g/mol. The molecular weight excluding hydrogens is 396 g/mol. The van der Waals surface area contributed by atoms with Crippen LogP contribution in [0.2, 0.25) is 12.1 Å². The average Bonchev–Trinajstić information content (AvgIpc) is 2.79. The van der Waals surface area contributed by atoms with Gasteiger partial charge in [0.15, 0.2) is 0 Å². The lowest BCUT2D eigenvalue weighted by Gasteiger charge is -2.29. The molecular formula is C28H56O2Si. The fourth-order valence-corrected chi connectivity index (χ4v) is 6.47. The van der Waals surface area contributed by atoms with Crippen LogP contribution in [0.3, 0.4) is 0 Å². The minimum absolute atomic E-state index is 0.897. The Labute approximate surface area is 197 Å². The first-order valence-corrected chi connectivity index (χ1v) is 16.2. The highest BCUT2D eigenvalue weighted by Gasteiger charge is 2.33. The summed E-state index contributed by atoms with van der Waals surface area (Å²) in [5, 5.41) is 0. The highest BCUT2D eigenvalue weighted by molar-refractivity contribution is 6.67. The van der Waals surface area contributed by atoms with Gasteiger partial charge in [-0.1, -0.05) is 111 Å². The molecule has 0 radical (unpaired) electrons. The van der Waals surface area contributed by atoms with Gasteiger partial charge in [0.25, 0.3) is 0 Å². The zero-order valence-corrected chi connectivity index (χ0v) is 22.9. The van der Waals surface area contributed by atoms with Crippen LogP contribution in [0.5, 0.6) is 0 Å². The minimum Gasteiger partial charge on any atom is -0.394 e. The second-order valence-electron chi connectivity index (χ2n) is 9.08. The van der Waals surface area contributed by atoms with Gasteiger partial charge in [-0.25, -0.2) is 0 Å². The molecule has 0 aromatic rings. The summed E-state index contributed by atoms with van der Waals surface area (Å²) in [4.78, 5) is 0. The van der Waals surface area contributed by atoms with Crippen LogP contribution in [0.25, 0.3) is 0 Å². The molecule has 0 rings (SSSR count). The first kappa shape index (κ1) is 30.7. The molecule has 0 saturated heterocycles. The van der Waals surface area contributed by atoms with Crippen LogP contribution in [0.4, 0.5) is 0 Å². The Morgan fingerprint density at radius 2 is 0.903 bits per heavy atom. The van der Waals surface area contributed by atoms with E-state index in [1.165, 1.54) is 103 Å². The van der Waals surface area contributed by atoms with Crippen molar-refractivity contribution in [2.45, 2.75) is 155 Å². The van der Waals surface area contributed by atoms with Crippen molar-refractivity contribution in [3.63, 3.8) is 0 Å². The molecule has 0 N–H and O–H groups in total. The van der Waals surface area contributed by atoms with Crippen molar-refractivity contribution >= 4 is 8.56 Å². The van der Waals surface area contributed by atoms with E-state index in [-0.39, 0.29) is 0 Å². The minimum atomic E-state index is -1.95. The first-order valence-electron chi connectivity index (χ1n) is 14.0. The lowest BCUT2D eigenvalue weighted by Crippen LogP contribution is -2.41. The molecule has 0 saturated carbocycles. The predicted octanol–water partition coefficient (Wildman–Crippen LogP) is 9.57. The van der Waals surface area contributed by atoms with Crippen LogP contribution in [0.15, 0.2) is 0 Å². The van der Waals surface area contributed by atoms with E-state index in [9.17, 15) is 0 Å². The molecule has 3 heteroatoms. The molecule has 0 aromatic carbocycles. The highest BCUT2D eigenvalue weighted by Crippen LogP contribution is 2.20. The van der Waals surface area contributed by atoms with E-state index in [0.29, 0.717) is 0 Å². The number of hydrogen-bond acceptors (Lipinski definition) is 2. The van der Waals surface area contributed by atoms with E-state index in [1.807, 2.05) is 0 Å². The van der Waals surface area contributed by atoms with E-state index in [2.05, 4.69) is 39.5 Å². The molecule has 0 aliphatic carbocycles. The fourth-order valence-electron chi connectivity index (χ4n) is 4.04. The van der Waals surface area contributed by atoms with Gasteiger partial charge in [-0.15, -0.1) is 11.8 Å². The van der Waals surface area contributed by atoms with Crippen LogP contribution in [-0.2, 0) is 8.85 Å². The van der Waals surface area contributed by atoms with Crippen LogP contribution in [0, 0.1) is 11.8 Å². The van der Waals surface area contributed by atoms with Gasteiger partial charge in [-0.05, 0) is 31.4 Å². The molecule has 0 spiro atoms. The van der Waals surface area contributed by atoms with E-state index in [1.54, 1.807) is 0 Å². The lowest BCUT2D eigenvalue weighted by molar-refractivity contribution is 0.163. The van der Waals surface area contributed by atoms with Gasteiger partial charge in [0.05, 0.1) is 0 Å². The van der Waals surface area contributed by atoms with E-state index in [0.717, 1.165) is 38.1 Å². The van der Waals surface area contributed by atoms with Gasteiger partial charge in [-0.2, -0.15) is 0 Å². The van der Waals surface area contributed by atoms with Gasteiger partial charge in [0.2, 0.25) is 0 Å². The first-order chi connectivity index (χ1) is 15.2. The molecule has 0 unspecified atom stereocenters. The summed E-state index contributed by atoms with van der Waals surface area (Å²) in [5.41, 5.74) is 0. The molecule has 0 aromatic heterocycles. The highest BCUT2D eigenvalue weighted by atomic mass is 28.4. The topological polar surface area (TPSA) is 18.5 Å². The van der Waals surface area contributed by atoms with Gasteiger partial charge < -0.3 is 8.85 Å². The van der Waals surface area contributed by atoms with Crippen molar-refractivity contribution in [3.05, 3.63) is 0 Å². The quantitative estimate of drug-likeness (QED) is 0.0872. The zero-order valence-electron chi connectivity index (χ0n) is 21.9. The molecule has 0 aliphatic rings. The Morgan fingerprint density at radius 1 is 0.484 bits per heavy atom. The number of unbranched alkanes of at least 4 members (excludes halogenated alkanes) is 15. The van der Waals surface area contributed by atoms with Crippen molar-refractivity contribution in [1.82, 2.24) is 0 Å². The fraction of sp³-hybridized carbons (Fsp3) is 0.929. The summed E-state index contributed by atoms with van der Waals surface area (Å²) in [7, 11) is -1.95. The third-order valence-corrected chi connectivity index (χ3v) is 9.92. The van der Waals surface area contributed by atoms with Crippen molar-refractivity contribution in [2.24, 2.45) is 0 Å². The molecule has 0 bridgehead atoms. The molecule has 0 fully saturated rings. The van der Waals surface area contributed by atoms with E-state index < -0.39 is 8.56 Å². The summed E-state index contributed by atoms with van der Waals surface area (Å²) < 4.78 is 12.8. The molecule has 0 amide bonds. The van der Waals surface area contributed by atoms with Crippen molar-refractivity contribution < 1.29 is 8.85 Å². The summed E-state index contributed by atoms with van der Waals surface area (Å²) in [6.45, 7) is 10.7. The molecule has 0 atom stereocenters. The molecule has 31 heavy (non-hydrogen) atoms. The Kier molecular flexibility index (Phi) is 24.1. The maximum Gasteiger partial charge on any atom is 0.337 e. The Balaban J connectivity index is 3.65. The average molecular weight is 453 g/mol. The molecule has 0 aliphatic heterocycles. The maximum absolute atomic E-state index is 6.40. The summed E-state index contributed by atoms with van der Waals surface area (Å²) in [5.74, 6) is 6.39. The summed E-state index contributed by atoms with van der Waals surface area (Å²) >= 11 is 0. The van der Waals surface area contributed by atoms with Gasteiger partial charge in [0, 0.05) is 26.1 Å². The third kappa shape index (κ3) is 20.1. The van der Waals surface area contributed by atoms with Crippen molar-refractivity contribution in [2.75, 3.05) is 13.2 Å². The Morgan fingerprint density at radius 3 is 1.32 bits per heavy atom. The zero-order chi connectivity index (χ0) is 22.9.